The molecule has 2 rings (SSSR count). The first kappa shape index (κ1) is 11.1. The summed E-state index contributed by atoms with van der Waals surface area (Å²) in [7, 11) is 0. The molecule has 2 heterocycles. The SMILES string of the molecule is O=c1ccn2c(n1)O[C@@H](CO)[C@H]2OCCO. The van der Waals surface area contributed by atoms with Gasteiger partial charge in [-0.05, 0) is 0 Å². The average molecular weight is 228 g/mol. The van der Waals surface area contributed by atoms with E-state index in [-0.39, 0.29) is 25.8 Å². The van der Waals surface area contributed by atoms with E-state index in [1.165, 1.54) is 16.8 Å². The maximum absolute atomic E-state index is 11.0. The normalized spacial score (nSPS) is 22.9. The fourth-order valence-electron chi connectivity index (χ4n) is 1.54. The summed E-state index contributed by atoms with van der Waals surface area (Å²) in [4.78, 5) is 14.6. The van der Waals surface area contributed by atoms with Gasteiger partial charge in [-0.3, -0.25) is 9.36 Å². The second-order valence-corrected chi connectivity index (χ2v) is 3.28. The van der Waals surface area contributed by atoms with E-state index >= 15 is 0 Å². The second-order valence-electron chi connectivity index (χ2n) is 3.28. The van der Waals surface area contributed by atoms with E-state index in [0.717, 1.165) is 0 Å². The molecule has 1 aromatic rings. The molecule has 0 spiro atoms. The largest absolute Gasteiger partial charge is 0.454 e. The standard InChI is InChI=1S/C9H12N2O5/c12-3-4-15-8-6(5-13)16-9-10-7(14)1-2-11(8)9/h1-2,6,8,12-13H,3-5H2/t6-,8+/m0/s1. The number of aromatic nitrogens is 2. The molecular formula is C9H12N2O5. The molecule has 0 aliphatic carbocycles. The highest BCUT2D eigenvalue weighted by molar-refractivity contribution is 5.06. The van der Waals surface area contributed by atoms with Gasteiger partial charge >= 0.3 is 6.01 Å². The van der Waals surface area contributed by atoms with Crippen molar-refractivity contribution in [3.8, 4) is 6.01 Å². The maximum atomic E-state index is 11.0. The van der Waals surface area contributed by atoms with Crippen molar-refractivity contribution in [3.05, 3.63) is 22.6 Å². The van der Waals surface area contributed by atoms with Crippen LogP contribution in [0.15, 0.2) is 17.1 Å². The zero-order valence-corrected chi connectivity index (χ0v) is 8.44. The number of aliphatic hydroxyl groups excluding tert-OH is 2. The molecule has 7 heteroatoms. The number of fused-ring (bicyclic) bond motifs is 1. The number of ether oxygens (including phenoxy) is 2. The summed E-state index contributed by atoms with van der Waals surface area (Å²) in [6, 6.07) is 1.40. The van der Waals surface area contributed by atoms with Gasteiger partial charge in [-0.1, -0.05) is 0 Å². The maximum Gasteiger partial charge on any atom is 0.302 e. The van der Waals surface area contributed by atoms with Gasteiger partial charge in [-0.2, -0.15) is 4.98 Å². The molecule has 1 aliphatic rings. The highest BCUT2D eigenvalue weighted by atomic mass is 16.6. The van der Waals surface area contributed by atoms with Crippen molar-refractivity contribution < 1.29 is 19.7 Å². The van der Waals surface area contributed by atoms with Gasteiger partial charge < -0.3 is 19.7 Å². The van der Waals surface area contributed by atoms with E-state index in [1.807, 2.05) is 0 Å². The molecular weight excluding hydrogens is 216 g/mol. The summed E-state index contributed by atoms with van der Waals surface area (Å²) < 4.78 is 12.1. The molecule has 0 saturated heterocycles. The minimum atomic E-state index is -0.610. The molecule has 0 unspecified atom stereocenters. The minimum absolute atomic E-state index is 0.120. The Labute approximate surface area is 90.9 Å². The Hall–Kier alpha value is -1.44. The molecule has 2 N–H and O–H groups in total. The van der Waals surface area contributed by atoms with Crippen molar-refractivity contribution in [2.24, 2.45) is 0 Å². The van der Waals surface area contributed by atoms with Crippen molar-refractivity contribution in [1.82, 2.24) is 9.55 Å². The van der Waals surface area contributed by atoms with Crippen LogP contribution < -0.4 is 10.3 Å². The van der Waals surface area contributed by atoms with Crippen LogP contribution in [0.4, 0.5) is 0 Å². The first-order chi connectivity index (χ1) is 7.76. The van der Waals surface area contributed by atoms with Crippen molar-refractivity contribution in [2.45, 2.75) is 12.3 Å². The number of rotatable bonds is 4. The van der Waals surface area contributed by atoms with E-state index < -0.39 is 17.9 Å². The van der Waals surface area contributed by atoms with Crippen molar-refractivity contribution in [3.63, 3.8) is 0 Å². The Balaban J connectivity index is 2.26. The third kappa shape index (κ3) is 1.92. The number of aliphatic hydroxyl groups is 2. The average Bonchev–Trinajstić information content (AvgIpc) is 2.63. The molecule has 1 aliphatic heterocycles. The smallest absolute Gasteiger partial charge is 0.302 e. The van der Waals surface area contributed by atoms with Crippen LogP contribution in [0, 0.1) is 0 Å². The van der Waals surface area contributed by atoms with Crippen LogP contribution in [0.2, 0.25) is 0 Å². The monoisotopic (exact) mass is 228 g/mol. The van der Waals surface area contributed by atoms with Crippen LogP contribution in [0.25, 0.3) is 0 Å². The van der Waals surface area contributed by atoms with E-state index in [0.29, 0.717) is 0 Å². The van der Waals surface area contributed by atoms with Crippen LogP contribution in [0.3, 0.4) is 0 Å². The lowest BCUT2D eigenvalue weighted by Gasteiger charge is -2.17. The van der Waals surface area contributed by atoms with Gasteiger partial charge in [0.05, 0.1) is 19.8 Å². The third-order valence-electron chi connectivity index (χ3n) is 2.21. The minimum Gasteiger partial charge on any atom is -0.454 e. The third-order valence-corrected chi connectivity index (χ3v) is 2.21. The predicted octanol–water partition coefficient (Wildman–Crippen LogP) is -1.50. The summed E-state index contributed by atoms with van der Waals surface area (Å²) >= 11 is 0. The Morgan fingerprint density at radius 3 is 3.06 bits per heavy atom. The van der Waals surface area contributed by atoms with Gasteiger partial charge in [0.2, 0.25) is 0 Å². The van der Waals surface area contributed by atoms with Gasteiger partial charge in [0, 0.05) is 12.3 Å². The Kier molecular flexibility index (Phi) is 3.18. The summed E-state index contributed by atoms with van der Waals surface area (Å²) in [6.07, 6.45) is 0.309. The topological polar surface area (TPSA) is 93.8 Å². The van der Waals surface area contributed by atoms with Crippen molar-refractivity contribution in [2.75, 3.05) is 19.8 Å². The lowest BCUT2D eigenvalue weighted by molar-refractivity contribution is -0.0628. The summed E-state index contributed by atoms with van der Waals surface area (Å²) in [5.41, 5.74) is -0.411. The quantitative estimate of drug-likeness (QED) is 0.651. The molecule has 0 aromatic carbocycles. The molecule has 0 saturated carbocycles. The van der Waals surface area contributed by atoms with E-state index in [2.05, 4.69) is 4.98 Å². The Morgan fingerprint density at radius 1 is 1.56 bits per heavy atom. The molecule has 0 radical (unpaired) electrons. The number of hydrogen-bond acceptors (Lipinski definition) is 6. The summed E-state index contributed by atoms with van der Waals surface area (Å²) in [5, 5.41) is 17.8. The highest BCUT2D eigenvalue weighted by Crippen LogP contribution is 2.28. The van der Waals surface area contributed by atoms with Gasteiger partial charge in [0.1, 0.15) is 0 Å². The molecule has 0 amide bonds. The Bertz CT molecular complexity index is 419. The van der Waals surface area contributed by atoms with Crippen LogP contribution >= 0.6 is 0 Å². The summed E-state index contributed by atoms with van der Waals surface area (Å²) in [6.45, 7) is -0.263. The zero-order chi connectivity index (χ0) is 11.5. The number of hydrogen-bond donors (Lipinski definition) is 2. The first-order valence-electron chi connectivity index (χ1n) is 4.85. The highest BCUT2D eigenvalue weighted by Gasteiger charge is 2.34. The van der Waals surface area contributed by atoms with Crippen LogP contribution in [0.1, 0.15) is 6.23 Å². The molecule has 2 atom stereocenters. The van der Waals surface area contributed by atoms with Gasteiger partial charge in [0.15, 0.2) is 12.3 Å². The Morgan fingerprint density at radius 2 is 2.38 bits per heavy atom. The molecule has 16 heavy (non-hydrogen) atoms. The van der Waals surface area contributed by atoms with Gasteiger partial charge in [-0.25, -0.2) is 0 Å². The fourth-order valence-corrected chi connectivity index (χ4v) is 1.54. The summed E-state index contributed by atoms with van der Waals surface area (Å²) in [5.74, 6) is 0. The molecule has 7 nitrogen and oxygen atoms in total. The zero-order valence-electron chi connectivity index (χ0n) is 8.44. The van der Waals surface area contributed by atoms with Crippen molar-refractivity contribution >= 4 is 0 Å². The van der Waals surface area contributed by atoms with E-state index in [4.69, 9.17) is 19.7 Å². The number of nitrogens with zero attached hydrogens (tertiary/aromatic N) is 2. The lowest BCUT2D eigenvalue weighted by Crippen LogP contribution is -2.28. The fraction of sp³-hybridized carbons (Fsp3) is 0.556. The second kappa shape index (κ2) is 4.60. The van der Waals surface area contributed by atoms with Crippen LogP contribution in [-0.4, -0.2) is 45.7 Å². The van der Waals surface area contributed by atoms with E-state index in [9.17, 15) is 4.79 Å². The van der Waals surface area contributed by atoms with Gasteiger partial charge in [-0.15, -0.1) is 0 Å². The molecule has 88 valence electrons. The van der Waals surface area contributed by atoms with E-state index in [1.54, 1.807) is 0 Å². The predicted molar refractivity (Wildman–Crippen MR) is 52.1 cm³/mol. The molecule has 1 aromatic heterocycles. The molecule has 0 fully saturated rings. The van der Waals surface area contributed by atoms with Crippen LogP contribution in [0.5, 0.6) is 6.01 Å². The lowest BCUT2D eigenvalue weighted by atomic mass is 10.3. The van der Waals surface area contributed by atoms with Crippen molar-refractivity contribution in [1.29, 1.82) is 0 Å². The van der Waals surface area contributed by atoms with Gasteiger partial charge in [0.25, 0.3) is 5.56 Å². The first-order valence-corrected chi connectivity index (χ1v) is 4.85. The van der Waals surface area contributed by atoms with Crippen LogP contribution in [-0.2, 0) is 4.74 Å². The molecule has 0 bridgehead atoms.